The number of fused-ring (bicyclic) bond motifs is 1. The lowest BCUT2D eigenvalue weighted by Gasteiger charge is -2.08. The molecule has 0 aliphatic heterocycles. The number of aromatic nitrogens is 2. The quantitative estimate of drug-likeness (QED) is 0.558. The molecule has 4 nitrogen and oxygen atoms in total. The molecule has 0 fully saturated rings. The topological polar surface area (TPSA) is 68.9 Å². The Hall–Kier alpha value is -2.59. The first-order valence-corrected chi connectivity index (χ1v) is 8.26. The number of carbonyl (C=O) groups excluding carboxylic acids is 1. The summed E-state index contributed by atoms with van der Waals surface area (Å²) in [7, 11) is 0. The molecule has 0 unspecified atom stereocenters. The first kappa shape index (κ1) is 16.3. The number of ketones is 1. The molecule has 3 rings (SSSR count). The van der Waals surface area contributed by atoms with Crippen molar-refractivity contribution in [3.63, 3.8) is 0 Å². The number of benzene rings is 2. The van der Waals surface area contributed by atoms with Crippen molar-refractivity contribution in [3.05, 3.63) is 71.2 Å². The number of carbonyl (C=O) groups is 1. The van der Waals surface area contributed by atoms with Crippen molar-refractivity contribution in [1.29, 1.82) is 0 Å². The standard InChI is InChI=1S/C20H21N3O/c1-14-9-11-15(12-10-14)20(24)19-16-6-2-3-7-17(16)22-18(23-19)8-4-5-13-21/h2-3,6-7,9-12H,4-5,8,13,21H2,1H3. The highest BCUT2D eigenvalue weighted by Gasteiger charge is 2.16. The fourth-order valence-electron chi connectivity index (χ4n) is 2.68. The number of para-hydroxylation sites is 1. The van der Waals surface area contributed by atoms with Crippen molar-refractivity contribution in [2.45, 2.75) is 26.2 Å². The van der Waals surface area contributed by atoms with Gasteiger partial charge in [0.05, 0.1) is 5.52 Å². The minimum Gasteiger partial charge on any atom is -0.330 e. The highest BCUT2D eigenvalue weighted by Crippen LogP contribution is 2.20. The van der Waals surface area contributed by atoms with Crippen molar-refractivity contribution < 1.29 is 4.79 Å². The van der Waals surface area contributed by atoms with Crippen LogP contribution in [-0.4, -0.2) is 22.3 Å². The second kappa shape index (κ2) is 7.32. The molecule has 1 aromatic heterocycles. The molecule has 0 radical (unpaired) electrons. The first-order chi connectivity index (χ1) is 11.7. The van der Waals surface area contributed by atoms with E-state index in [1.54, 1.807) is 0 Å². The molecule has 0 atom stereocenters. The van der Waals surface area contributed by atoms with Crippen molar-refractivity contribution in [2.24, 2.45) is 5.73 Å². The molecule has 0 saturated carbocycles. The second-order valence-corrected chi connectivity index (χ2v) is 5.95. The second-order valence-electron chi connectivity index (χ2n) is 5.95. The summed E-state index contributed by atoms with van der Waals surface area (Å²) >= 11 is 0. The molecule has 0 amide bonds. The Bertz CT molecular complexity index is 856. The largest absolute Gasteiger partial charge is 0.330 e. The summed E-state index contributed by atoms with van der Waals surface area (Å²) < 4.78 is 0. The third-order valence-electron chi connectivity index (χ3n) is 4.03. The zero-order chi connectivity index (χ0) is 16.9. The Labute approximate surface area is 141 Å². The number of nitrogens with two attached hydrogens (primary N) is 1. The van der Waals surface area contributed by atoms with Gasteiger partial charge in [-0.3, -0.25) is 4.79 Å². The van der Waals surface area contributed by atoms with E-state index < -0.39 is 0 Å². The molecule has 4 heteroatoms. The van der Waals surface area contributed by atoms with Crippen molar-refractivity contribution >= 4 is 16.7 Å². The lowest BCUT2D eigenvalue weighted by atomic mass is 10.0. The molecule has 1 heterocycles. The highest BCUT2D eigenvalue weighted by molar-refractivity contribution is 6.14. The molecule has 24 heavy (non-hydrogen) atoms. The van der Waals surface area contributed by atoms with Gasteiger partial charge in [0.25, 0.3) is 0 Å². The molecule has 2 N–H and O–H groups in total. The lowest BCUT2D eigenvalue weighted by Crippen LogP contribution is -2.09. The van der Waals surface area contributed by atoms with E-state index in [4.69, 9.17) is 5.73 Å². The molecular formula is C20H21N3O. The maximum absolute atomic E-state index is 12.9. The molecule has 0 spiro atoms. The summed E-state index contributed by atoms with van der Waals surface area (Å²) in [5.41, 5.74) is 8.62. The van der Waals surface area contributed by atoms with Gasteiger partial charge in [-0.25, -0.2) is 9.97 Å². The van der Waals surface area contributed by atoms with Crippen LogP contribution >= 0.6 is 0 Å². The van der Waals surface area contributed by atoms with Gasteiger partial charge in [0.15, 0.2) is 0 Å². The first-order valence-electron chi connectivity index (χ1n) is 8.26. The molecular weight excluding hydrogens is 298 g/mol. The van der Waals surface area contributed by atoms with Crippen LogP contribution in [0.3, 0.4) is 0 Å². The number of unbranched alkanes of at least 4 members (excludes halogenated alkanes) is 1. The van der Waals surface area contributed by atoms with E-state index in [9.17, 15) is 4.79 Å². The lowest BCUT2D eigenvalue weighted by molar-refractivity contribution is 0.103. The summed E-state index contributed by atoms with van der Waals surface area (Å²) in [4.78, 5) is 22.1. The molecule has 2 aromatic carbocycles. The van der Waals surface area contributed by atoms with Crippen LogP contribution in [0.25, 0.3) is 10.9 Å². The fourth-order valence-corrected chi connectivity index (χ4v) is 2.68. The Kier molecular flexibility index (Phi) is 4.96. The Balaban J connectivity index is 2.04. The average Bonchev–Trinajstić information content (AvgIpc) is 2.61. The van der Waals surface area contributed by atoms with E-state index in [0.717, 1.165) is 35.7 Å². The van der Waals surface area contributed by atoms with Gasteiger partial charge in [-0.05, 0) is 32.4 Å². The van der Waals surface area contributed by atoms with Gasteiger partial charge in [-0.2, -0.15) is 0 Å². The monoisotopic (exact) mass is 319 g/mol. The van der Waals surface area contributed by atoms with Gasteiger partial charge in [0.2, 0.25) is 5.78 Å². The third-order valence-corrected chi connectivity index (χ3v) is 4.03. The van der Waals surface area contributed by atoms with Crippen LogP contribution in [0.2, 0.25) is 0 Å². The van der Waals surface area contributed by atoms with E-state index in [1.807, 2.05) is 55.5 Å². The summed E-state index contributed by atoms with van der Waals surface area (Å²) in [5, 5.41) is 0.797. The highest BCUT2D eigenvalue weighted by atomic mass is 16.1. The van der Waals surface area contributed by atoms with Crippen molar-refractivity contribution in [1.82, 2.24) is 9.97 Å². The van der Waals surface area contributed by atoms with Gasteiger partial charge in [0, 0.05) is 17.4 Å². The van der Waals surface area contributed by atoms with Gasteiger partial charge >= 0.3 is 0 Å². The maximum Gasteiger partial charge on any atom is 0.212 e. The number of rotatable bonds is 6. The normalized spacial score (nSPS) is 10.9. The third kappa shape index (κ3) is 3.49. The van der Waals surface area contributed by atoms with Crippen LogP contribution in [0.4, 0.5) is 0 Å². The summed E-state index contributed by atoms with van der Waals surface area (Å²) in [6.45, 7) is 2.66. The van der Waals surface area contributed by atoms with Crippen LogP contribution in [-0.2, 0) is 6.42 Å². The summed E-state index contributed by atoms with van der Waals surface area (Å²) in [5.74, 6) is 0.645. The van der Waals surface area contributed by atoms with Crippen molar-refractivity contribution in [3.8, 4) is 0 Å². The molecule has 0 saturated heterocycles. The Morgan fingerprint density at radius 1 is 1.00 bits per heavy atom. The number of hydrogen-bond acceptors (Lipinski definition) is 4. The molecule has 0 aliphatic rings. The molecule has 3 aromatic rings. The number of aryl methyl sites for hydroxylation is 2. The predicted octanol–water partition coefficient (Wildman–Crippen LogP) is 3.45. The number of nitrogens with zero attached hydrogens (tertiary/aromatic N) is 2. The summed E-state index contributed by atoms with van der Waals surface area (Å²) in [6.07, 6.45) is 2.58. The molecule has 122 valence electrons. The fraction of sp³-hybridized carbons (Fsp3) is 0.250. The molecule has 0 bridgehead atoms. The van der Waals surface area contributed by atoms with E-state index in [0.29, 0.717) is 23.6 Å². The predicted molar refractivity (Wildman–Crippen MR) is 96.1 cm³/mol. The van der Waals surface area contributed by atoms with Crippen LogP contribution in [0.1, 0.15) is 40.3 Å². The minimum atomic E-state index is -0.0614. The SMILES string of the molecule is Cc1ccc(C(=O)c2nc(CCCCN)nc3ccccc23)cc1. The summed E-state index contributed by atoms with van der Waals surface area (Å²) in [6, 6.07) is 15.3. The van der Waals surface area contributed by atoms with Crippen LogP contribution in [0, 0.1) is 6.92 Å². The van der Waals surface area contributed by atoms with Crippen molar-refractivity contribution in [2.75, 3.05) is 6.54 Å². The van der Waals surface area contributed by atoms with Gasteiger partial charge in [-0.15, -0.1) is 0 Å². The average molecular weight is 319 g/mol. The zero-order valence-electron chi connectivity index (χ0n) is 13.8. The van der Waals surface area contributed by atoms with Crippen LogP contribution in [0.15, 0.2) is 48.5 Å². The van der Waals surface area contributed by atoms with Crippen LogP contribution in [0.5, 0.6) is 0 Å². The van der Waals surface area contributed by atoms with E-state index in [2.05, 4.69) is 9.97 Å². The minimum absolute atomic E-state index is 0.0614. The Morgan fingerprint density at radius 2 is 1.75 bits per heavy atom. The number of hydrogen-bond donors (Lipinski definition) is 1. The van der Waals surface area contributed by atoms with Gasteiger partial charge in [0.1, 0.15) is 11.5 Å². The van der Waals surface area contributed by atoms with Crippen LogP contribution < -0.4 is 5.73 Å². The van der Waals surface area contributed by atoms with Gasteiger partial charge in [-0.1, -0.05) is 48.0 Å². The maximum atomic E-state index is 12.9. The zero-order valence-corrected chi connectivity index (χ0v) is 13.8. The Morgan fingerprint density at radius 3 is 2.50 bits per heavy atom. The van der Waals surface area contributed by atoms with Gasteiger partial charge < -0.3 is 5.73 Å². The smallest absolute Gasteiger partial charge is 0.212 e. The van der Waals surface area contributed by atoms with E-state index >= 15 is 0 Å². The molecule has 0 aliphatic carbocycles. The van der Waals surface area contributed by atoms with E-state index in [1.165, 1.54) is 0 Å². The van der Waals surface area contributed by atoms with E-state index in [-0.39, 0.29) is 5.78 Å².